The van der Waals surface area contributed by atoms with E-state index in [4.69, 9.17) is 0 Å². The van der Waals surface area contributed by atoms with E-state index in [0.717, 1.165) is 17.9 Å². The smallest absolute Gasteiger partial charge is 0.0128 e. The zero-order chi connectivity index (χ0) is 6.15. The topological polar surface area (TPSA) is 12.0 Å². The molecule has 0 aliphatic carbocycles. The van der Waals surface area contributed by atoms with Gasteiger partial charge in [-0.1, -0.05) is 20.8 Å². The van der Waals surface area contributed by atoms with Crippen molar-refractivity contribution in [2.24, 2.45) is 11.8 Å². The van der Waals surface area contributed by atoms with Crippen LogP contribution in [0.5, 0.6) is 0 Å². The second-order valence-corrected chi connectivity index (χ2v) is 3.16. The van der Waals surface area contributed by atoms with Crippen molar-refractivity contribution < 1.29 is 0 Å². The lowest BCUT2D eigenvalue weighted by Gasteiger charge is -2.38. The van der Waals surface area contributed by atoms with Gasteiger partial charge >= 0.3 is 0 Å². The Balaban J connectivity index is 2.26. The molecule has 0 spiro atoms. The number of hydrogen-bond donors (Lipinski definition) is 1. The van der Waals surface area contributed by atoms with E-state index in [0.29, 0.717) is 0 Å². The van der Waals surface area contributed by atoms with Gasteiger partial charge in [-0.3, -0.25) is 0 Å². The molecule has 0 bridgehead atoms. The third-order valence-electron chi connectivity index (χ3n) is 2.01. The van der Waals surface area contributed by atoms with Gasteiger partial charge in [-0.15, -0.1) is 0 Å². The molecule has 0 aromatic heterocycles. The predicted octanol–water partition coefficient (Wildman–Crippen LogP) is 1.25. The molecule has 1 aliphatic rings. The van der Waals surface area contributed by atoms with Gasteiger partial charge in [-0.2, -0.15) is 0 Å². The third kappa shape index (κ3) is 0.873. The van der Waals surface area contributed by atoms with Crippen LogP contribution in [-0.4, -0.2) is 12.6 Å². The lowest BCUT2D eigenvalue weighted by atomic mass is 9.85. The van der Waals surface area contributed by atoms with E-state index in [1.807, 2.05) is 0 Å². The molecule has 1 nitrogen and oxygen atoms in total. The monoisotopic (exact) mass is 113 g/mol. The molecular weight excluding hydrogens is 98.1 g/mol. The van der Waals surface area contributed by atoms with Crippen molar-refractivity contribution in [1.82, 2.24) is 5.32 Å². The minimum atomic E-state index is 0.801. The first-order chi connectivity index (χ1) is 3.72. The van der Waals surface area contributed by atoms with Crippen LogP contribution < -0.4 is 5.32 Å². The summed E-state index contributed by atoms with van der Waals surface area (Å²) in [4.78, 5) is 0. The Hall–Kier alpha value is -0.0400. The van der Waals surface area contributed by atoms with Gasteiger partial charge in [0.25, 0.3) is 0 Å². The van der Waals surface area contributed by atoms with Crippen molar-refractivity contribution in [3.63, 3.8) is 0 Å². The van der Waals surface area contributed by atoms with Crippen molar-refractivity contribution in [3.05, 3.63) is 0 Å². The normalized spacial score (nSPS) is 37.5. The molecule has 2 atom stereocenters. The summed E-state index contributed by atoms with van der Waals surface area (Å²) in [6.07, 6.45) is 0. The molecule has 0 radical (unpaired) electrons. The molecule has 1 rings (SSSR count). The summed E-state index contributed by atoms with van der Waals surface area (Å²) < 4.78 is 0. The largest absolute Gasteiger partial charge is 0.313 e. The molecule has 1 N–H and O–H groups in total. The molecule has 8 heavy (non-hydrogen) atoms. The zero-order valence-corrected chi connectivity index (χ0v) is 5.94. The molecule has 1 fully saturated rings. The molecule has 1 heteroatoms. The van der Waals surface area contributed by atoms with Crippen LogP contribution in [0.15, 0.2) is 0 Å². The summed E-state index contributed by atoms with van der Waals surface area (Å²) in [6.45, 7) is 8.07. The van der Waals surface area contributed by atoms with Gasteiger partial charge in [0.15, 0.2) is 0 Å². The van der Waals surface area contributed by atoms with Crippen LogP contribution >= 0.6 is 0 Å². The minimum Gasteiger partial charge on any atom is -0.313 e. The van der Waals surface area contributed by atoms with E-state index in [1.165, 1.54) is 6.54 Å². The van der Waals surface area contributed by atoms with Crippen LogP contribution in [0.2, 0.25) is 0 Å². The number of nitrogens with one attached hydrogen (secondary N) is 1. The van der Waals surface area contributed by atoms with Gasteiger partial charge in [0.2, 0.25) is 0 Å². The summed E-state index contributed by atoms with van der Waals surface area (Å²) in [7, 11) is 0. The second kappa shape index (κ2) is 2.06. The summed E-state index contributed by atoms with van der Waals surface area (Å²) in [6, 6.07) is 0.801. The van der Waals surface area contributed by atoms with Gasteiger partial charge in [-0.05, 0) is 18.4 Å². The maximum Gasteiger partial charge on any atom is 0.0128 e. The average Bonchev–Trinajstić information content (AvgIpc) is 1.61. The molecular formula is C7H15N. The van der Waals surface area contributed by atoms with E-state index < -0.39 is 0 Å². The Labute approximate surface area is 51.5 Å². The predicted molar refractivity (Wildman–Crippen MR) is 35.8 cm³/mol. The van der Waals surface area contributed by atoms with Crippen LogP contribution in [0, 0.1) is 11.8 Å². The van der Waals surface area contributed by atoms with Crippen LogP contribution in [0.4, 0.5) is 0 Å². The van der Waals surface area contributed by atoms with Crippen LogP contribution in [0.25, 0.3) is 0 Å². The molecule has 1 saturated heterocycles. The summed E-state index contributed by atoms with van der Waals surface area (Å²) in [5.41, 5.74) is 0. The van der Waals surface area contributed by atoms with Gasteiger partial charge in [0, 0.05) is 6.04 Å². The maximum atomic E-state index is 3.39. The molecule has 0 aromatic rings. The van der Waals surface area contributed by atoms with Crippen molar-refractivity contribution in [2.45, 2.75) is 26.8 Å². The fourth-order valence-electron chi connectivity index (χ4n) is 1.38. The first-order valence-electron chi connectivity index (χ1n) is 3.45. The Bertz CT molecular complexity index is 73.7. The van der Waals surface area contributed by atoms with Crippen LogP contribution in [0.3, 0.4) is 0 Å². The highest BCUT2D eigenvalue weighted by Gasteiger charge is 2.27. The van der Waals surface area contributed by atoms with Crippen LogP contribution in [-0.2, 0) is 0 Å². The maximum absolute atomic E-state index is 3.39. The lowest BCUT2D eigenvalue weighted by Crippen LogP contribution is -2.54. The van der Waals surface area contributed by atoms with E-state index in [2.05, 4.69) is 26.1 Å². The number of rotatable bonds is 1. The van der Waals surface area contributed by atoms with Gasteiger partial charge < -0.3 is 5.32 Å². The van der Waals surface area contributed by atoms with Crippen molar-refractivity contribution in [3.8, 4) is 0 Å². The van der Waals surface area contributed by atoms with Crippen molar-refractivity contribution in [1.29, 1.82) is 0 Å². The molecule has 1 heterocycles. The van der Waals surface area contributed by atoms with Crippen molar-refractivity contribution in [2.75, 3.05) is 6.54 Å². The highest BCUT2D eigenvalue weighted by atomic mass is 15.0. The first-order valence-corrected chi connectivity index (χ1v) is 3.45. The fraction of sp³-hybridized carbons (Fsp3) is 1.00. The molecule has 0 aromatic carbocycles. The second-order valence-electron chi connectivity index (χ2n) is 3.16. The molecule has 2 unspecified atom stereocenters. The fourth-order valence-corrected chi connectivity index (χ4v) is 1.38. The Kier molecular flexibility index (Phi) is 1.57. The van der Waals surface area contributed by atoms with Crippen molar-refractivity contribution >= 4 is 0 Å². The summed E-state index contributed by atoms with van der Waals surface area (Å²) in [5.74, 6) is 1.73. The van der Waals surface area contributed by atoms with E-state index in [1.54, 1.807) is 0 Å². The molecule has 48 valence electrons. The Morgan fingerprint density at radius 3 is 2.12 bits per heavy atom. The standard InChI is InChI=1S/C7H15N/c1-5(2)7-6(3)4-8-7/h5-8H,4H2,1-3H3. The summed E-state index contributed by atoms with van der Waals surface area (Å²) >= 11 is 0. The molecule has 0 saturated carbocycles. The quantitative estimate of drug-likeness (QED) is 0.539. The third-order valence-corrected chi connectivity index (χ3v) is 2.01. The molecule has 1 aliphatic heterocycles. The highest BCUT2D eigenvalue weighted by molar-refractivity contribution is 4.86. The molecule has 0 amide bonds. The zero-order valence-electron chi connectivity index (χ0n) is 5.94. The van der Waals surface area contributed by atoms with E-state index in [9.17, 15) is 0 Å². The SMILES string of the molecule is CC(C)C1NCC1C. The Morgan fingerprint density at radius 1 is 1.50 bits per heavy atom. The van der Waals surface area contributed by atoms with E-state index in [-0.39, 0.29) is 0 Å². The van der Waals surface area contributed by atoms with Gasteiger partial charge in [0.05, 0.1) is 0 Å². The lowest BCUT2D eigenvalue weighted by molar-refractivity contribution is 0.196. The van der Waals surface area contributed by atoms with Gasteiger partial charge in [-0.25, -0.2) is 0 Å². The Morgan fingerprint density at radius 2 is 2.12 bits per heavy atom. The first kappa shape index (κ1) is 6.09. The van der Waals surface area contributed by atoms with Crippen LogP contribution in [0.1, 0.15) is 20.8 Å². The average molecular weight is 113 g/mol. The van der Waals surface area contributed by atoms with Gasteiger partial charge in [0.1, 0.15) is 0 Å². The van der Waals surface area contributed by atoms with E-state index >= 15 is 0 Å². The summed E-state index contributed by atoms with van der Waals surface area (Å²) in [5, 5.41) is 3.39. The minimum absolute atomic E-state index is 0.801. The highest BCUT2D eigenvalue weighted by Crippen LogP contribution is 2.18. The number of hydrogen-bond acceptors (Lipinski definition) is 1.